The Morgan fingerprint density at radius 2 is 1.53 bits per heavy atom. The minimum Gasteiger partial charge on any atom is -0.466 e. The summed E-state index contributed by atoms with van der Waals surface area (Å²) in [5.41, 5.74) is 2.79. The van der Waals surface area contributed by atoms with Crippen LogP contribution in [0.5, 0.6) is 0 Å². The summed E-state index contributed by atoms with van der Waals surface area (Å²) in [5, 5.41) is 12.0. The molecule has 0 fully saturated rings. The lowest BCUT2D eigenvalue weighted by Gasteiger charge is -2.14. The molecule has 38 heavy (non-hydrogen) atoms. The van der Waals surface area contributed by atoms with Crippen LogP contribution in [0, 0.1) is 0 Å². The van der Waals surface area contributed by atoms with E-state index in [-0.39, 0.29) is 44.2 Å². The van der Waals surface area contributed by atoms with E-state index in [0.29, 0.717) is 27.8 Å². The predicted molar refractivity (Wildman–Crippen MR) is 138 cm³/mol. The van der Waals surface area contributed by atoms with Crippen molar-refractivity contribution in [2.45, 2.75) is 39.7 Å². The molecule has 0 bridgehead atoms. The highest BCUT2D eigenvalue weighted by Crippen LogP contribution is 2.25. The number of carbonyl (C=O) groups is 3. The highest BCUT2D eigenvalue weighted by atomic mass is 16.5. The Bertz CT molecular complexity index is 1470. The van der Waals surface area contributed by atoms with Crippen molar-refractivity contribution in [3.63, 3.8) is 0 Å². The maximum atomic E-state index is 12.6. The van der Waals surface area contributed by atoms with Gasteiger partial charge >= 0.3 is 17.9 Å². The van der Waals surface area contributed by atoms with Crippen LogP contribution in [0.3, 0.4) is 0 Å². The Morgan fingerprint density at radius 1 is 0.842 bits per heavy atom. The van der Waals surface area contributed by atoms with E-state index in [2.05, 4.69) is 25.5 Å². The number of rotatable bonds is 11. The molecular weight excluding hydrogens is 492 g/mol. The molecule has 0 amide bonds. The van der Waals surface area contributed by atoms with Crippen molar-refractivity contribution in [3.05, 3.63) is 48.2 Å². The lowest BCUT2D eigenvalue weighted by Crippen LogP contribution is -2.25. The van der Waals surface area contributed by atoms with E-state index in [0.717, 1.165) is 0 Å². The molecule has 0 aliphatic rings. The van der Waals surface area contributed by atoms with Gasteiger partial charge in [-0.1, -0.05) is 12.1 Å². The van der Waals surface area contributed by atoms with Crippen molar-refractivity contribution in [2.24, 2.45) is 0 Å². The van der Waals surface area contributed by atoms with E-state index >= 15 is 0 Å². The average Bonchev–Trinajstić information content (AvgIpc) is 3.32. The van der Waals surface area contributed by atoms with Gasteiger partial charge < -0.3 is 19.5 Å². The number of para-hydroxylation sites is 2. The maximum absolute atomic E-state index is 12.6. The van der Waals surface area contributed by atoms with Crippen molar-refractivity contribution in [2.75, 3.05) is 25.1 Å². The Kier molecular flexibility index (Phi) is 8.41. The van der Waals surface area contributed by atoms with Gasteiger partial charge in [0.25, 0.3) is 0 Å². The fourth-order valence-corrected chi connectivity index (χ4v) is 3.77. The van der Waals surface area contributed by atoms with Crippen molar-refractivity contribution in [1.82, 2.24) is 25.0 Å². The van der Waals surface area contributed by atoms with E-state index in [4.69, 9.17) is 14.2 Å². The lowest BCUT2D eigenvalue weighted by molar-refractivity contribution is -0.149. The molecule has 0 radical (unpaired) electrons. The summed E-state index contributed by atoms with van der Waals surface area (Å²) in [6.07, 6.45) is 0.138. The highest BCUT2D eigenvalue weighted by Gasteiger charge is 2.26. The van der Waals surface area contributed by atoms with Crippen molar-refractivity contribution < 1.29 is 28.6 Å². The maximum Gasteiger partial charge on any atom is 0.360 e. The summed E-state index contributed by atoms with van der Waals surface area (Å²) in [5.74, 6) is -1.33. The van der Waals surface area contributed by atoms with Gasteiger partial charge in [-0.15, -0.1) is 0 Å². The van der Waals surface area contributed by atoms with Crippen LogP contribution >= 0.6 is 0 Å². The van der Waals surface area contributed by atoms with E-state index in [1.165, 1.54) is 4.80 Å². The van der Waals surface area contributed by atoms with Gasteiger partial charge in [0.1, 0.15) is 11.0 Å². The molecule has 12 nitrogen and oxygen atoms in total. The smallest absolute Gasteiger partial charge is 0.360 e. The molecule has 0 spiro atoms. The zero-order valence-corrected chi connectivity index (χ0v) is 21.3. The number of hydrogen-bond acceptors (Lipinski definition) is 11. The van der Waals surface area contributed by atoms with Crippen LogP contribution in [-0.4, -0.2) is 62.7 Å². The minimum absolute atomic E-state index is 0.0132. The van der Waals surface area contributed by atoms with E-state index < -0.39 is 23.9 Å². The first-order chi connectivity index (χ1) is 18.4. The Hall–Kier alpha value is -4.61. The topological polar surface area (TPSA) is 147 Å². The third-order valence-corrected chi connectivity index (χ3v) is 5.46. The van der Waals surface area contributed by atoms with Gasteiger partial charge in [-0.2, -0.15) is 15.0 Å². The molecule has 1 unspecified atom stereocenters. The largest absolute Gasteiger partial charge is 0.466 e. The van der Waals surface area contributed by atoms with E-state index in [1.807, 2.05) is 12.1 Å². The summed E-state index contributed by atoms with van der Waals surface area (Å²) in [4.78, 5) is 47.3. The third-order valence-electron chi connectivity index (χ3n) is 5.46. The lowest BCUT2D eigenvalue weighted by atomic mass is 10.1. The molecular formula is C26H28N6O6. The average molecular weight is 521 g/mol. The van der Waals surface area contributed by atoms with Gasteiger partial charge in [0, 0.05) is 12.1 Å². The summed E-state index contributed by atoms with van der Waals surface area (Å²) in [6.45, 7) is 5.76. The second-order valence-corrected chi connectivity index (χ2v) is 8.09. The summed E-state index contributed by atoms with van der Waals surface area (Å²) < 4.78 is 15.3. The Labute approximate surface area is 218 Å². The molecule has 4 aromatic rings. The monoisotopic (exact) mass is 520 g/mol. The first-order valence-corrected chi connectivity index (χ1v) is 12.3. The number of anilines is 2. The number of nitrogens with one attached hydrogen (secondary N) is 1. The molecule has 2 aromatic heterocycles. The summed E-state index contributed by atoms with van der Waals surface area (Å²) in [7, 11) is 0. The number of esters is 3. The molecule has 0 saturated heterocycles. The van der Waals surface area contributed by atoms with Crippen LogP contribution in [0.15, 0.2) is 42.5 Å². The number of hydrogen-bond donors (Lipinski definition) is 1. The minimum atomic E-state index is -0.898. The van der Waals surface area contributed by atoms with Gasteiger partial charge in [-0.25, -0.2) is 19.6 Å². The highest BCUT2D eigenvalue weighted by molar-refractivity contribution is 5.96. The number of aromatic nitrogens is 5. The SMILES string of the molecule is CCOC(=O)CCC(C(=O)OCC)n1nc2ccc(Nc3nc4ccccc4nc3C(=O)OCC)cc2n1. The van der Waals surface area contributed by atoms with Crippen LogP contribution in [0.4, 0.5) is 11.5 Å². The summed E-state index contributed by atoms with van der Waals surface area (Å²) >= 11 is 0. The van der Waals surface area contributed by atoms with Crippen LogP contribution in [0.25, 0.3) is 22.1 Å². The molecule has 1 N–H and O–H groups in total. The predicted octanol–water partition coefficient (Wildman–Crippen LogP) is 3.74. The van der Waals surface area contributed by atoms with Gasteiger partial charge in [0.05, 0.1) is 30.9 Å². The number of benzene rings is 2. The number of ether oxygens (including phenoxy) is 3. The number of fused-ring (bicyclic) bond motifs is 2. The molecule has 0 aliphatic carbocycles. The van der Waals surface area contributed by atoms with Crippen LogP contribution in [0.1, 0.15) is 50.1 Å². The van der Waals surface area contributed by atoms with E-state index in [1.54, 1.807) is 51.1 Å². The van der Waals surface area contributed by atoms with Crippen molar-refractivity contribution in [1.29, 1.82) is 0 Å². The molecule has 1 atom stereocenters. The number of nitrogens with zero attached hydrogens (tertiary/aromatic N) is 5. The van der Waals surface area contributed by atoms with Gasteiger partial charge in [0.2, 0.25) is 0 Å². The molecule has 4 rings (SSSR count). The second kappa shape index (κ2) is 12.1. The molecule has 12 heteroatoms. The molecule has 0 aliphatic heterocycles. The molecule has 2 aromatic carbocycles. The fourth-order valence-electron chi connectivity index (χ4n) is 3.77. The van der Waals surface area contributed by atoms with Crippen molar-refractivity contribution in [3.8, 4) is 0 Å². The first kappa shape index (κ1) is 26.5. The van der Waals surface area contributed by atoms with Gasteiger partial charge in [-0.3, -0.25) is 4.79 Å². The number of carbonyl (C=O) groups excluding carboxylic acids is 3. The van der Waals surface area contributed by atoms with E-state index in [9.17, 15) is 14.4 Å². The van der Waals surface area contributed by atoms with Gasteiger partial charge in [0.15, 0.2) is 17.6 Å². The summed E-state index contributed by atoms with van der Waals surface area (Å²) in [6, 6.07) is 11.5. The van der Waals surface area contributed by atoms with Crippen LogP contribution < -0.4 is 5.32 Å². The Balaban J connectivity index is 1.64. The second-order valence-electron chi connectivity index (χ2n) is 8.09. The third kappa shape index (κ3) is 6.02. The Morgan fingerprint density at radius 3 is 2.24 bits per heavy atom. The van der Waals surface area contributed by atoms with Crippen LogP contribution in [0.2, 0.25) is 0 Å². The van der Waals surface area contributed by atoms with Gasteiger partial charge in [-0.05, 0) is 57.5 Å². The zero-order chi connectivity index (χ0) is 27.1. The standard InChI is InChI=1S/C26H28N6O6/c1-4-36-22(33)14-13-21(25(34)37-5-2)32-30-19-12-11-16(15-20(19)31-32)27-24-23(26(35)38-6-3)28-17-9-7-8-10-18(17)29-24/h7-12,15,21H,4-6,13-14H2,1-3H3,(H,27,29). The van der Waals surface area contributed by atoms with Crippen LogP contribution in [-0.2, 0) is 23.8 Å². The zero-order valence-electron chi connectivity index (χ0n) is 21.3. The first-order valence-electron chi connectivity index (χ1n) is 12.3. The quantitative estimate of drug-likeness (QED) is 0.228. The molecule has 198 valence electrons. The molecule has 2 heterocycles. The van der Waals surface area contributed by atoms with Crippen molar-refractivity contribution >= 4 is 51.5 Å². The normalized spacial score (nSPS) is 11.8. The molecule has 0 saturated carbocycles. The fraction of sp³-hybridized carbons (Fsp3) is 0.346.